The second kappa shape index (κ2) is 9.20. The van der Waals surface area contributed by atoms with E-state index in [0.29, 0.717) is 30.1 Å². The van der Waals surface area contributed by atoms with Crippen LogP contribution in [0.5, 0.6) is 0 Å². The third-order valence-corrected chi connectivity index (χ3v) is 3.34. The number of carbonyl (C=O) groups is 2. The monoisotopic (exact) mass is 306 g/mol. The van der Waals surface area contributed by atoms with Gasteiger partial charge in [0.25, 0.3) is 5.91 Å². The Hall–Kier alpha value is -1.88. The Balaban J connectivity index is 2.61. The van der Waals surface area contributed by atoms with Gasteiger partial charge in [-0.05, 0) is 42.9 Å². The number of aliphatic hydroxyl groups excluding tert-OH is 1. The summed E-state index contributed by atoms with van der Waals surface area (Å²) < 4.78 is 0. The molecule has 5 nitrogen and oxygen atoms in total. The Morgan fingerprint density at radius 2 is 2.00 bits per heavy atom. The van der Waals surface area contributed by atoms with Crippen molar-refractivity contribution in [3.63, 3.8) is 0 Å². The van der Waals surface area contributed by atoms with E-state index in [1.54, 1.807) is 24.3 Å². The third-order valence-electron chi connectivity index (χ3n) is 3.34. The quantitative estimate of drug-likeness (QED) is 0.690. The molecule has 0 spiro atoms. The first-order valence-corrected chi connectivity index (χ1v) is 7.69. The molecule has 1 aromatic rings. The lowest BCUT2D eigenvalue weighted by molar-refractivity contribution is -0.114. The van der Waals surface area contributed by atoms with Gasteiger partial charge in [0.2, 0.25) is 5.91 Å². The van der Waals surface area contributed by atoms with Crippen LogP contribution in [0.3, 0.4) is 0 Å². The van der Waals surface area contributed by atoms with Gasteiger partial charge in [0.15, 0.2) is 0 Å². The fraction of sp³-hybridized carbons (Fsp3) is 0.529. The Labute approximate surface area is 132 Å². The van der Waals surface area contributed by atoms with Crippen LogP contribution in [-0.4, -0.2) is 30.1 Å². The van der Waals surface area contributed by atoms with Crippen LogP contribution in [0.4, 0.5) is 5.69 Å². The van der Waals surface area contributed by atoms with E-state index in [4.69, 9.17) is 5.11 Å². The van der Waals surface area contributed by atoms with Gasteiger partial charge in [-0.1, -0.05) is 19.9 Å². The molecule has 0 bridgehead atoms. The van der Waals surface area contributed by atoms with Crippen molar-refractivity contribution in [1.82, 2.24) is 5.32 Å². The predicted octanol–water partition coefficient (Wildman–Crippen LogP) is 2.42. The van der Waals surface area contributed by atoms with Crippen LogP contribution in [0.2, 0.25) is 0 Å². The summed E-state index contributed by atoms with van der Waals surface area (Å²) in [6.45, 7) is 6.36. The van der Waals surface area contributed by atoms with Crippen molar-refractivity contribution in [2.24, 2.45) is 11.8 Å². The summed E-state index contributed by atoms with van der Waals surface area (Å²) in [6, 6.07) is 6.84. The van der Waals surface area contributed by atoms with Gasteiger partial charge in [0.1, 0.15) is 0 Å². The van der Waals surface area contributed by atoms with Crippen molar-refractivity contribution in [3.05, 3.63) is 29.8 Å². The molecule has 0 aliphatic rings. The molecule has 0 radical (unpaired) electrons. The maximum absolute atomic E-state index is 12.2. The summed E-state index contributed by atoms with van der Waals surface area (Å²) in [5.41, 5.74) is 1.12. The van der Waals surface area contributed by atoms with E-state index in [0.717, 1.165) is 6.42 Å². The summed E-state index contributed by atoms with van der Waals surface area (Å²) in [4.78, 5) is 23.2. The number of benzene rings is 1. The minimum Gasteiger partial charge on any atom is -0.396 e. The lowest BCUT2D eigenvalue weighted by Gasteiger charge is -2.18. The van der Waals surface area contributed by atoms with Crippen molar-refractivity contribution < 1.29 is 14.7 Å². The molecule has 0 fully saturated rings. The highest BCUT2D eigenvalue weighted by molar-refractivity contribution is 5.96. The van der Waals surface area contributed by atoms with Crippen LogP contribution in [0.15, 0.2) is 24.3 Å². The summed E-state index contributed by atoms with van der Waals surface area (Å²) in [5, 5.41) is 14.7. The number of anilines is 1. The second-order valence-corrected chi connectivity index (χ2v) is 5.98. The summed E-state index contributed by atoms with van der Waals surface area (Å²) >= 11 is 0. The van der Waals surface area contributed by atoms with Crippen LogP contribution in [0, 0.1) is 11.8 Å². The minimum absolute atomic E-state index is 0.130. The predicted molar refractivity (Wildman–Crippen MR) is 87.7 cm³/mol. The van der Waals surface area contributed by atoms with Crippen LogP contribution in [0.1, 0.15) is 44.0 Å². The van der Waals surface area contributed by atoms with Gasteiger partial charge in [0.05, 0.1) is 0 Å². The number of nitrogens with one attached hydrogen (secondary N) is 2. The van der Waals surface area contributed by atoms with E-state index >= 15 is 0 Å². The average molecular weight is 306 g/mol. The molecule has 0 saturated heterocycles. The average Bonchev–Trinajstić information content (AvgIpc) is 2.43. The fourth-order valence-corrected chi connectivity index (χ4v) is 2.43. The van der Waals surface area contributed by atoms with Crippen molar-refractivity contribution in [3.8, 4) is 0 Å². The highest BCUT2D eigenvalue weighted by Crippen LogP contribution is 2.15. The molecular weight excluding hydrogens is 280 g/mol. The topological polar surface area (TPSA) is 78.4 Å². The molecule has 1 rings (SSSR count). The number of carbonyl (C=O) groups excluding carboxylic acids is 2. The van der Waals surface area contributed by atoms with Crippen molar-refractivity contribution in [1.29, 1.82) is 0 Å². The van der Waals surface area contributed by atoms with Crippen molar-refractivity contribution in [2.45, 2.75) is 33.6 Å². The van der Waals surface area contributed by atoms with Crippen molar-refractivity contribution in [2.75, 3.05) is 18.5 Å². The maximum atomic E-state index is 12.2. The fourth-order valence-electron chi connectivity index (χ4n) is 2.43. The van der Waals surface area contributed by atoms with Crippen LogP contribution < -0.4 is 10.6 Å². The first-order valence-electron chi connectivity index (χ1n) is 7.69. The standard InChI is InChI=1S/C17H26N2O3/c1-12(2)9-14(7-8-20)11-18-17(22)15-5-4-6-16(10-15)19-13(3)21/h4-6,10,12,14,20H,7-9,11H2,1-3H3,(H,18,22)(H,19,21). The van der Waals surface area contributed by atoms with E-state index in [1.165, 1.54) is 6.92 Å². The number of amides is 2. The molecule has 1 unspecified atom stereocenters. The van der Waals surface area contributed by atoms with Gasteiger partial charge in [-0.2, -0.15) is 0 Å². The molecule has 1 atom stereocenters. The molecule has 0 saturated carbocycles. The van der Waals surface area contributed by atoms with Gasteiger partial charge in [-0.25, -0.2) is 0 Å². The highest BCUT2D eigenvalue weighted by atomic mass is 16.3. The molecule has 0 aliphatic carbocycles. The SMILES string of the molecule is CC(=O)Nc1cccc(C(=O)NCC(CCO)CC(C)C)c1. The van der Waals surface area contributed by atoms with E-state index in [9.17, 15) is 9.59 Å². The Kier molecular flexibility index (Phi) is 7.60. The Morgan fingerprint density at radius 1 is 1.27 bits per heavy atom. The van der Waals surface area contributed by atoms with E-state index in [2.05, 4.69) is 24.5 Å². The zero-order chi connectivity index (χ0) is 16.5. The Bertz CT molecular complexity index is 500. The molecule has 22 heavy (non-hydrogen) atoms. The molecule has 3 N–H and O–H groups in total. The molecule has 0 aliphatic heterocycles. The number of hydrogen-bond acceptors (Lipinski definition) is 3. The molecule has 0 aromatic heterocycles. The molecule has 0 heterocycles. The van der Waals surface area contributed by atoms with E-state index in [1.807, 2.05) is 0 Å². The largest absolute Gasteiger partial charge is 0.396 e. The van der Waals surface area contributed by atoms with Gasteiger partial charge in [0, 0.05) is 31.3 Å². The van der Waals surface area contributed by atoms with Crippen LogP contribution >= 0.6 is 0 Å². The number of rotatable bonds is 8. The lowest BCUT2D eigenvalue weighted by Crippen LogP contribution is -2.30. The minimum atomic E-state index is -0.169. The molecule has 1 aromatic carbocycles. The van der Waals surface area contributed by atoms with Gasteiger partial charge in [-0.3, -0.25) is 9.59 Å². The lowest BCUT2D eigenvalue weighted by atomic mass is 9.94. The van der Waals surface area contributed by atoms with Gasteiger partial charge in [-0.15, -0.1) is 0 Å². The second-order valence-electron chi connectivity index (χ2n) is 5.98. The van der Waals surface area contributed by atoms with Crippen molar-refractivity contribution >= 4 is 17.5 Å². The summed E-state index contributed by atoms with van der Waals surface area (Å²) in [5.74, 6) is 0.459. The number of hydrogen-bond donors (Lipinski definition) is 3. The van der Waals surface area contributed by atoms with E-state index < -0.39 is 0 Å². The van der Waals surface area contributed by atoms with Crippen LogP contribution in [0.25, 0.3) is 0 Å². The zero-order valence-corrected chi connectivity index (χ0v) is 13.6. The first-order chi connectivity index (χ1) is 10.4. The van der Waals surface area contributed by atoms with Gasteiger partial charge < -0.3 is 15.7 Å². The summed E-state index contributed by atoms with van der Waals surface area (Å²) in [6.07, 6.45) is 1.65. The molecule has 5 heteroatoms. The molecule has 122 valence electrons. The maximum Gasteiger partial charge on any atom is 0.251 e. The smallest absolute Gasteiger partial charge is 0.251 e. The van der Waals surface area contributed by atoms with Crippen LogP contribution in [-0.2, 0) is 4.79 Å². The third kappa shape index (κ3) is 6.72. The number of aliphatic hydroxyl groups is 1. The first kappa shape index (κ1) is 18.2. The highest BCUT2D eigenvalue weighted by Gasteiger charge is 2.13. The normalized spacial score (nSPS) is 12.0. The van der Waals surface area contributed by atoms with E-state index in [-0.39, 0.29) is 24.3 Å². The summed E-state index contributed by atoms with van der Waals surface area (Å²) in [7, 11) is 0. The molecular formula is C17H26N2O3. The van der Waals surface area contributed by atoms with Gasteiger partial charge >= 0.3 is 0 Å². The Morgan fingerprint density at radius 3 is 2.59 bits per heavy atom. The molecule has 2 amide bonds. The zero-order valence-electron chi connectivity index (χ0n) is 13.6.